The van der Waals surface area contributed by atoms with Gasteiger partial charge in [-0.2, -0.15) is 4.37 Å². The number of aliphatic hydroxyl groups is 2. The summed E-state index contributed by atoms with van der Waals surface area (Å²) in [6.07, 6.45) is 0.531. The molecule has 0 saturated heterocycles. The maximum atomic E-state index is 14.5. The van der Waals surface area contributed by atoms with Crippen molar-refractivity contribution in [3.63, 3.8) is 0 Å². The first-order chi connectivity index (χ1) is 16.4. The maximum absolute atomic E-state index is 14.5. The van der Waals surface area contributed by atoms with Crippen LogP contribution in [0.3, 0.4) is 0 Å². The minimum atomic E-state index is -1.10. The Morgan fingerprint density at radius 3 is 2.59 bits per heavy atom. The number of aromatic nitrogens is 1. The lowest BCUT2D eigenvalue weighted by Gasteiger charge is -2.13. The number of carbonyl (C=O) groups is 2. The molecule has 0 spiro atoms. The molecule has 0 bridgehead atoms. The highest BCUT2D eigenvalue weighted by molar-refractivity contribution is 7.06. The summed E-state index contributed by atoms with van der Waals surface area (Å²) in [6, 6.07) is 13.1. The van der Waals surface area contributed by atoms with Gasteiger partial charge in [-0.25, -0.2) is 4.39 Å². The fourth-order valence-electron chi connectivity index (χ4n) is 3.39. The number of hydrogen-bond donors (Lipinski definition) is 3. The number of carbonyl (C=O) groups excluding carboxylic acids is 2. The molecule has 1 fully saturated rings. The monoisotopic (exact) mass is 484 g/mol. The second kappa shape index (κ2) is 10.4. The molecule has 0 aliphatic heterocycles. The van der Waals surface area contributed by atoms with Crippen LogP contribution in [0.15, 0.2) is 48.5 Å². The number of rotatable bonds is 10. The van der Waals surface area contributed by atoms with E-state index < -0.39 is 24.4 Å². The van der Waals surface area contributed by atoms with E-state index in [9.17, 15) is 19.1 Å². The highest BCUT2D eigenvalue weighted by Gasteiger charge is 2.30. The summed E-state index contributed by atoms with van der Waals surface area (Å²) >= 11 is 1.24. The number of halogens is 1. The standard InChI is InChI=1S/C25H25FN2O5S/c1-14(33-19-7-4-16(5-8-19)24(31)15-2-3-15)23-11-22(28-34-23)17-6-9-20(21(26)10-17)25(32)27-12-18(30)13-29/h4-11,14-15,18,29-30H,2-3,12-13H2,1H3,(H,27,32)/t14?,18-/m0/s1. The SMILES string of the molecule is CC(Oc1ccc(C(=O)C2CC2)cc1)c1cc(-c2ccc(C(=O)NC[C@H](O)CO)c(F)c2)ns1. The molecule has 3 N–H and O–H groups in total. The van der Waals surface area contributed by atoms with Gasteiger partial charge >= 0.3 is 0 Å². The summed E-state index contributed by atoms with van der Waals surface area (Å²) in [5, 5.41) is 20.5. The Labute approximate surface area is 200 Å². The molecular weight excluding hydrogens is 459 g/mol. The van der Waals surface area contributed by atoms with Gasteiger partial charge in [0.2, 0.25) is 0 Å². The first-order valence-electron chi connectivity index (χ1n) is 11.0. The summed E-state index contributed by atoms with van der Waals surface area (Å²) < 4.78 is 24.9. The van der Waals surface area contributed by atoms with Crippen LogP contribution in [0.1, 0.15) is 51.5 Å². The van der Waals surface area contributed by atoms with E-state index in [1.807, 2.05) is 13.0 Å². The average Bonchev–Trinajstić information content (AvgIpc) is 3.58. The van der Waals surface area contributed by atoms with Gasteiger partial charge in [-0.1, -0.05) is 6.07 Å². The molecule has 7 nitrogen and oxygen atoms in total. The van der Waals surface area contributed by atoms with Gasteiger partial charge in [0, 0.05) is 23.6 Å². The zero-order chi connectivity index (χ0) is 24.2. The van der Waals surface area contributed by atoms with E-state index in [1.54, 1.807) is 30.3 Å². The van der Waals surface area contributed by atoms with Gasteiger partial charge < -0.3 is 20.3 Å². The number of aliphatic hydroxyl groups excluding tert-OH is 2. The Balaban J connectivity index is 1.39. The van der Waals surface area contributed by atoms with Crippen molar-refractivity contribution >= 4 is 23.2 Å². The van der Waals surface area contributed by atoms with E-state index in [0.29, 0.717) is 22.6 Å². The third-order valence-electron chi connectivity index (χ3n) is 5.55. The molecule has 1 heterocycles. The number of amides is 1. The van der Waals surface area contributed by atoms with Crippen LogP contribution < -0.4 is 10.1 Å². The van der Waals surface area contributed by atoms with Crippen LogP contribution in [0.25, 0.3) is 11.3 Å². The highest BCUT2D eigenvalue weighted by atomic mass is 32.1. The van der Waals surface area contributed by atoms with E-state index in [1.165, 1.54) is 23.7 Å². The molecule has 1 saturated carbocycles. The molecule has 3 aromatic rings. The Morgan fingerprint density at radius 2 is 1.94 bits per heavy atom. The predicted molar refractivity (Wildman–Crippen MR) is 125 cm³/mol. The molecule has 9 heteroatoms. The van der Waals surface area contributed by atoms with Gasteiger partial charge in [0.25, 0.3) is 5.91 Å². The van der Waals surface area contributed by atoms with Gasteiger partial charge in [-0.15, -0.1) is 0 Å². The van der Waals surface area contributed by atoms with Crippen molar-refractivity contribution in [3.8, 4) is 17.0 Å². The van der Waals surface area contributed by atoms with Crippen LogP contribution in [0, 0.1) is 11.7 Å². The normalized spacial score (nSPS) is 14.9. The molecule has 1 aromatic heterocycles. The summed E-state index contributed by atoms with van der Waals surface area (Å²) in [6.45, 7) is 1.21. The lowest BCUT2D eigenvalue weighted by Crippen LogP contribution is -2.34. The van der Waals surface area contributed by atoms with E-state index in [2.05, 4.69) is 9.69 Å². The van der Waals surface area contributed by atoms with Gasteiger partial charge in [-0.3, -0.25) is 9.59 Å². The molecule has 1 unspecified atom stereocenters. The van der Waals surface area contributed by atoms with Crippen LogP contribution in [0.5, 0.6) is 5.75 Å². The highest BCUT2D eigenvalue weighted by Crippen LogP contribution is 2.34. The largest absolute Gasteiger partial charge is 0.485 e. The fourth-order valence-corrected chi connectivity index (χ4v) is 4.11. The Hall–Kier alpha value is -3.14. The summed E-state index contributed by atoms with van der Waals surface area (Å²) in [5.41, 5.74) is 1.61. The summed E-state index contributed by atoms with van der Waals surface area (Å²) in [5.74, 6) is -0.392. The maximum Gasteiger partial charge on any atom is 0.254 e. The number of nitrogens with one attached hydrogen (secondary N) is 1. The van der Waals surface area contributed by atoms with Crippen molar-refractivity contribution in [2.75, 3.05) is 13.2 Å². The van der Waals surface area contributed by atoms with Gasteiger partial charge in [0.15, 0.2) is 5.78 Å². The molecule has 4 rings (SSSR count). The zero-order valence-electron chi connectivity index (χ0n) is 18.5. The van der Waals surface area contributed by atoms with Crippen LogP contribution in [0.4, 0.5) is 4.39 Å². The Bertz CT molecular complexity index is 1180. The van der Waals surface area contributed by atoms with Crippen LogP contribution in [-0.4, -0.2) is 45.5 Å². The molecule has 34 heavy (non-hydrogen) atoms. The van der Waals surface area contributed by atoms with Gasteiger partial charge in [0.05, 0.1) is 28.8 Å². The number of nitrogens with zero attached hydrogens (tertiary/aromatic N) is 1. The van der Waals surface area contributed by atoms with Crippen molar-refractivity contribution in [2.45, 2.75) is 32.0 Å². The van der Waals surface area contributed by atoms with Crippen LogP contribution in [0.2, 0.25) is 0 Å². The van der Waals surface area contributed by atoms with E-state index in [0.717, 1.165) is 17.7 Å². The molecule has 2 aromatic carbocycles. The number of hydrogen-bond acceptors (Lipinski definition) is 7. The van der Waals surface area contributed by atoms with E-state index in [-0.39, 0.29) is 29.9 Å². The molecule has 0 radical (unpaired) electrons. The Morgan fingerprint density at radius 1 is 1.21 bits per heavy atom. The average molecular weight is 485 g/mol. The number of benzene rings is 2. The minimum Gasteiger partial charge on any atom is -0.485 e. The molecular formula is C25H25FN2O5S. The molecule has 1 aliphatic rings. The lowest BCUT2D eigenvalue weighted by molar-refractivity contribution is 0.0799. The van der Waals surface area contributed by atoms with Crippen molar-refractivity contribution in [1.29, 1.82) is 0 Å². The molecule has 2 atom stereocenters. The first kappa shape index (κ1) is 24.0. The molecule has 178 valence electrons. The summed E-state index contributed by atoms with van der Waals surface area (Å²) in [4.78, 5) is 25.1. The molecule has 1 aliphatic carbocycles. The number of ether oxygens (including phenoxy) is 1. The third-order valence-corrected chi connectivity index (χ3v) is 6.50. The van der Waals surface area contributed by atoms with E-state index >= 15 is 0 Å². The second-order valence-electron chi connectivity index (χ2n) is 8.28. The van der Waals surface area contributed by atoms with Crippen molar-refractivity contribution in [2.24, 2.45) is 5.92 Å². The zero-order valence-corrected chi connectivity index (χ0v) is 19.3. The van der Waals surface area contributed by atoms with Crippen LogP contribution >= 0.6 is 11.5 Å². The second-order valence-corrected chi connectivity index (χ2v) is 9.12. The topological polar surface area (TPSA) is 109 Å². The smallest absolute Gasteiger partial charge is 0.254 e. The molecule has 1 amide bonds. The summed E-state index contributed by atoms with van der Waals surface area (Å²) in [7, 11) is 0. The fraction of sp³-hybridized carbons (Fsp3) is 0.320. The Kier molecular flexibility index (Phi) is 7.35. The van der Waals surface area contributed by atoms with Crippen molar-refractivity contribution < 1.29 is 28.9 Å². The number of Topliss-reactive ketones (excluding diaryl/α,β-unsaturated/α-hetero) is 1. The number of ketones is 1. The predicted octanol–water partition coefficient (Wildman–Crippen LogP) is 3.76. The lowest BCUT2D eigenvalue weighted by atomic mass is 10.1. The van der Waals surface area contributed by atoms with Crippen molar-refractivity contribution in [3.05, 3.63) is 70.4 Å². The van der Waals surface area contributed by atoms with Gasteiger partial charge in [0.1, 0.15) is 17.7 Å². The minimum absolute atomic E-state index is 0.162. The van der Waals surface area contributed by atoms with Crippen molar-refractivity contribution in [1.82, 2.24) is 9.69 Å². The van der Waals surface area contributed by atoms with Gasteiger partial charge in [-0.05, 0) is 73.8 Å². The quantitative estimate of drug-likeness (QED) is 0.378. The van der Waals surface area contributed by atoms with Crippen LogP contribution in [-0.2, 0) is 0 Å². The third kappa shape index (κ3) is 5.67. The van der Waals surface area contributed by atoms with E-state index in [4.69, 9.17) is 9.84 Å². The first-order valence-corrected chi connectivity index (χ1v) is 11.8.